The van der Waals surface area contributed by atoms with Gasteiger partial charge in [0.15, 0.2) is 0 Å². The van der Waals surface area contributed by atoms with Crippen LogP contribution in [0.25, 0.3) is 0 Å². The molecule has 0 aromatic heterocycles. The molecule has 1 unspecified atom stereocenters. The lowest BCUT2D eigenvalue weighted by Crippen LogP contribution is -2.60. The number of likely N-dealkylation sites (tertiary alicyclic amines) is 1. The third-order valence-corrected chi connectivity index (χ3v) is 10.3. The number of carbonyl (C=O) groups is 5. The molecule has 1 saturated heterocycles. The van der Waals surface area contributed by atoms with Gasteiger partial charge in [-0.3, -0.25) is 19.2 Å². The molecule has 4 amide bonds. The van der Waals surface area contributed by atoms with Crippen LogP contribution in [0, 0.1) is 5.92 Å². The summed E-state index contributed by atoms with van der Waals surface area (Å²) >= 11 is 0. The van der Waals surface area contributed by atoms with Gasteiger partial charge in [-0.05, 0) is 60.6 Å². The number of aromatic hydroxyl groups is 2. The molecule has 1 aliphatic rings. The Morgan fingerprint density at radius 1 is 0.870 bits per heavy atom. The molecule has 54 heavy (non-hydrogen) atoms. The third kappa shape index (κ3) is 12.4. The number of aliphatic carboxylic acids is 1. The second-order valence-corrected chi connectivity index (χ2v) is 14.5. The minimum atomic E-state index is -1.57. The normalized spacial score (nSPS) is 17.4. The number of nitrogens with two attached hydrogens (primary N) is 1. The minimum absolute atomic E-state index is 0.0120. The summed E-state index contributed by atoms with van der Waals surface area (Å²) in [6, 6.07) is 6.74. The Balaban J connectivity index is 1.82. The van der Waals surface area contributed by atoms with Crippen molar-refractivity contribution in [1.82, 2.24) is 20.4 Å². The van der Waals surface area contributed by atoms with E-state index in [1.165, 1.54) is 41.1 Å². The number of carbonyl (C=O) groups excluding carboxylic acids is 4. The highest BCUT2D eigenvalue weighted by Gasteiger charge is 2.43. The number of aliphatic hydroxyl groups excluding tert-OH is 1. The Hall–Kier alpha value is -4.69. The van der Waals surface area contributed by atoms with Crippen molar-refractivity contribution in [3.05, 3.63) is 59.7 Å². The van der Waals surface area contributed by atoms with Crippen LogP contribution in [-0.4, -0.2) is 110 Å². The van der Waals surface area contributed by atoms with Crippen LogP contribution in [0.4, 0.5) is 0 Å². The molecule has 7 atom stereocenters. The summed E-state index contributed by atoms with van der Waals surface area (Å²) < 4.78 is 0. The standard InChI is InChI=1S/C40H59N5O9/c1-5-7-8-9-10-12-30(41)35(48)37(50)42-31(23-26-14-18-28(46)19-15-26)38(51)44(4)34(25(3)6-2)39(52)45-22-11-13-33(45)36(49)43-32(40(53)54)24-27-16-20-29(47)21-17-27/h14-21,25,30-35,46-48H,5-13,22-24,41H2,1-4H3,(H,42,50)(H,43,49)(H,53,54)/t25?,30-,31+,32+,33+,34+,35+/m1/s1. The number of nitrogens with one attached hydrogen (secondary N) is 2. The van der Waals surface area contributed by atoms with Gasteiger partial charge in [0.25, 0.3) is 5.91 Å². The van der Waals surface area contributed by atoms with Crippen molar-refractivity contribution >= 4 is 29.6 Å². The second kappa shape index (κ2) is 21.3. The smallest absolute Gasteiger partial charge is 0.326 e. The number of amides is 4. The number of carboxylic acid groups (broad SMARTS) is 1. The van der Waals surface area contributed by atoms with Crippen LogP contribution in [0.3, 0.4) is 0 Å². The number of carboxylic acids is 1. The van der Waals surface area contributed by atoms with Crippen molar-refractivity contribution in [2.45, 2.75) is 128 Å². The highest BCUT2D eigenvalue weighted by atomic mass is 16.4. The van der Waals surface area contributed by atoms with Crippen LogP contribution < -0.4 is 16.4 Å². The van der Waals surface area contributed by atoms with Crippen LogP contribution >= 0.6 is 0 Å². The zero-order valence-corrected chi connectivity index (χ0v) is 31.9. The molecule has 1 heterocycles. The number of phenolic OH excluding ortho intramolecular Hbond substituents is 2. The third-order valence-electron chi connectivity index (χ3n) is 10.3. The largest absolute Gasteiger partial charge is 0.508 e. The van der Waals surface area contributed by atoms with Crippen molar-refractivity contribution in [2.75, 3.05) is 13.6 Å². The van der Waals surface area contributed by atoms with E-state index >= 15 is 0 Å². The molecule has 298 valence electrons. The van der Waals surface area contributed by atoms with Gasteiger partial charge in [-0.1, -0.05) is 83.6 Å². The number of aliphatic hydroxyl groups is 1. The van der Waals surface area contributed by atoms with Crippen LogP contribution in [0.1, 0.15) is 89.7 Å². The Morgan fingerprint density at radius 2 is 1.43 bits per heavy atom. The van der Waals surface area contributed by atoms with Crippen molar-refractivity contribution in [3.63, 3.8) is 0 Å². The van der Waals surface area contributed by atoms with E-state index in [1.807, 2.05) is 13.8 Å². The van der Waals surface area contributed by atoms with Crippen LogP contribution in [0.2, 0.25) is 0 Å². The molecule has 8 N–H and O–H groups in total. The number of hydrogen-bond acceptors (Lipinski definition) is 9. The van der Waals surface area contributed by atoms with E-state index in [2.05, 4.69) is 17.6 Å². The summed E-state index contributed by atoms with van der Waals surface area (Å²) in [6.07, 6.45) is 4.94. The van der Waals surface area contributed by atoms with E-state index < -0.39 is 65.9 Å². The molecule has 2 aromatic carbocycles. The molecule has 0 radical (unpaired) electrons. The van der Waals surface area contributed by atoms with Gasteiger partial charge >= 0.3 is 5.97 Å². The summed E-state index contributed by atoms with van der Waals surface area (Å²) in [5, 5.41) is 45.4. The summed E-state index contributed by atoms with van der Waals surface area (Å²) in [5.41, 5.74) is 7.39. The maximum absolute atomic E-state index is 14.4. The first-order valence-corrected chi connectivity index (χ1v) is 19.1. The minimum Gasteiger partial charge on any atom is -0.508 e. The lowest BCUT2D eigenvalue weighted by molar-refractivity contribution is -0.151. The van der Waals surface area contributed by atoms with Gasteiger partial charge in [-0.25, -0.2) is 4.79 Å². The zero-order chi connectivity index (χ0) is 39.9. The number of rotatable bonds is 21. The SMILES string of the molecule is CCCCCCC[C@@H](N)[C@H](O)C(=O)N[C@@H](Cc1ccc(O)cc1)C(=O)N(C)[C@H](C(=O)N1CCC[C@H]1C(=O)N[C@@H](Cc1ccc(O)cc1)C(=O)O)C(C)CC. The summed E-state index contributed by atoms with van der Waals surface area (Å²) in [7, 11) is 1.47. The molecule has 0 saturated carbocycles. The highest BCUT2D eigenvalue weighted by molar-refractivity contribution is 5.96. The van der Waals surface area contributed by atoms with E-state index in [4.69, 9.17) is 5.73 Å². The molecule has 1 fully saturated rings. The maximum Gasteiger partial charge on any atom is 0.326 e. The molecule has 14 heteroatoms. The maximum atomic E-state index is 14.4. The van der Waals surface area contributed by atoms with Crippen molar-refractivity contribution in [1.29, 1.82) is 0 Å². The lowest BCUT2D eigenvalue weighted by atomic mass is 9.94. The fourth-order valence-electron chi connectivity index (χ4n) is 6.87. The highest BCUT2D eigenvalue weighted by Crippen LogP contribution is 2.25. The fourth-order valence-corrected chi connectivity index (χ4v) is 6.87. The van der Waals surface area contributed by atoms with Crippen molar-refractivity contribution in [2.24, 2.45) is 11.7 Å². The molecule has 1 aliphatic heterocycles. The first-order chi connectivity index (χ1) is 25.7. The number of hydrogen-bond donors (Lipinski definition) is 7. The van der Waals surface area contributed by atoms with Gasteiger partial charge in [0.2, 0.25) is 17.7 Å². The lowest BCUT2D eigenvalue weighted by Gasteiger charge is -2.38. The average molecular weight is 754 g/mol. The number of benzene rings is 2. The van der Waals surface area contributed by atoms with Crippen LogP contribution in [-0.2, 0) is 36.8 Å². The molecule has 3 rings (SSSR count). The summed E-state index contributed by atoms with van der Waals surface area (Å²) in [4.78, 5) is 70.5. The first-order valence-electron chi connectivity index (χ1n) is 19.1. The van der Waals surface area contributed by atoms with Crippen LogP contribution in [0.5, 0.6) is 11.5 Å². The number of nitrogens with zero attached hydrogens (tertiary/aromatic N) is 2. The predicted molar refractivity (Wildman–Crippen MR) is 203 cm³/mol. The van der Waals surface area contributed by atoms with Crippen LogP contribution in [0.15, 0.2) is 48.5 Å². The monoisotopic (exact) mass is 753 g/mol. The van der Waals surface area contributed by atoms with Gasteiger partial charge in [0, 0.05) is 32.5 Å². The summed E-state index contributed by atoms with van der Waals surface area (Å²) in [5.74, 6) is -4.12. The van der Waals surface area contributed by atoms with E-state index in [0.717, 1.165) is 32.1 Å². The molecule has 0 aliphatic carbocycles. The van der Waals surface area contributed by atoms with E-state index in [1.54, 1.807) is 24.3 Å². The Bertz CT molecular complexity index is 1540. The molecule has 0 bridgehead atoms. The quantitative estimate of drug-likeness (QED) is 0.0924. The molecule has 14 nitrogen and oxygen atoms in total. The fraction of sp³-hybridized carbons (Fsp3) is 0.575. The number of phenols is 2. The van der Waals surface area contributed by atoms with E-state index in [-0.39, 0.29) is 36.8 Å². The Labute approximate surface area is 318 Å². The van der Waals surface area contributed by atoms with Gasteiger partial charge in [0.05, 0.1) is 0 Å². The summed E-state index contributed by atoms with van der Waals surface area (Å²) in [6.45, 7) is 6.01. The zero-order valence-electron chi connectivity index (χ0n) is 31.9. The van der Waals surface area contributed by atoms with Gasteiger partial charge in [0.1, 0.15) is 41.8 Å². The average Bonchev–Trinajstić information content (AvgIpc) is 3.65. The van der Waals surface area contributed by atoms with E-state index in [9.17, 15) is 44.4 Å². The Kier molecular flexibility index (Phi) is 17.2. The number of likely N-dealkylation sites (N-methyl/N-ethyl adjacent to an activating group) is 1. The topological polar surface area (TPSA) is 223 Å². The number of unbranched alkanes of at least 4 members (excludes halogenated alkanes) is 4. The molecular formula is C40H59N5O9. The van der Waals surface area contributed by atoms with E-state index in [0.29, 0.717) is 36.8 Å². The first kappa shape index (κ1) is 43.7. The van der Waals surface area contributed by atoms with Gasteiger partial charge < -0.3 is 46.6 Å². The van der Waals surface area contributed by atoms with Gasteiger partial charge in [-0.15, -0.1) is 0 Å². The molecule has 0 spiro atoms. The molecule has 2 aromatic rings. The second-order valence-electron chi connectivity index (χ2n) is 14.5. The van der Waals surface area contributed by atoms with Crippen molar-refractivity contribution < 1.29 is 44.4 Å². The predicted octanol–water partition coefficient (Wildman–Crippen LogP) is 2.85. The van der Waals surface area contributed by atoms with Gasteiger partial charge in [-0.2, -0.15) is 0 Å². The Morgan fingerprint density at radius 3 is 1.96 bits per heavy atom. The van der Waals surface area contributed by atoms with Crippen molar-refractivity contribution in [3.8, 4) is 11.5 Å². The molecular weight excluding hydrogens is 694 g/mol.